The van der Waals surface area contributed by atoms with Gasteiger partial charge in [-0.3, -0.25) is 4.79 Å². The Balaban J connectivity index is 1.90. The largest absolute Gasteiger partial charge is 0.444 e. The van der Waals surface area contributed by atoms with E-state index in [-0.39, 0.29) is 11.9 Å². The number of likely N-dealkylation sites (tertiary alicyclic amines) is 1. The Bertz CT molecular complexity index is 646. The van der Waals surface area contributed by atoms with Crippen LogP contribution in [-0.4, -0.2) is 41.6 Å². The van der Waals surface area contributed by atoms with Crippen molar-refractivity contribution in [1.29, 1.82) is 0 Å². The number of piperidine rings is 1. The molecule has 1 aromatic carbocycles. The van der Waals surface area contributed by atoms with Crippen molar-refractivity contribution in [2.45, 2.75) is 51.7 Å². The fourth-order valence-electron chi connectivity index (χ4n) is 2.73. The minimum Gasteiger partial charge on any atom is -0.444 e. The Labute approximate surface area is 162 Å². The maximum absolute atomic E-state index is 12.6. The molecule has 1 aliphatic rings. The monoisotopic (exact) mass is 430 g/mol. The van der Waals surface area contributed by atoms with Gasteiger partial charge in [-0.2, -0.15) is 0 Å². The van der Waals surface area contributed by atoms with E-state index in [0.717, 1.165) is 22.9 Å². The van der Waals surface area contributed by atoms with Crippen molar-refractivity contribution in [3.05, 3.63) is 33.3 Å². The Kier molecular flexibility index (Phi) is 6.74. The van der Waals surface area contributed by atoms with Crippen LogP contribution in [0.25, 0.3) is 0 Å². The number of nitrogens with one attached hydrogen (secondary N) is 1. The first kappa shape index (κ1) is 20.0. The van der Waals surface area contributed by atoms with Crippen molar-refractivity contribution in [2.24, 2.45) is 0 Å². The molecule has 1 N–H and O–H groups in total. The summed E-state index contributed by atoms with van der Waals surface area (Å²) in [7, 11) is 0. The minimum atomic E-state index is -0.533. The molecule has 2 rings (SSSR count). The number of ether oxygens (including phenoxy) is 1. The van der Waals surface area contributed by atoms with Crippen LogP contribution in [0.2, 0.25) is 5.02 Å². The number of hydrogen-bond donors (Lipinski definition) is 1. The van der Waals surface area contributed by atoms with Crippen molar-refractivity contribution < 1.29 is 14.3 Å². The van der Waals surface area contributed by atoms with E-state index in [1.807, 2.05) is 32.9 Å². The Hall–Kier alpha value is -1.27. The predicted octanol–water partition coefficient (Wildman–Crippen LogP) is 4.16. The second-order valence-electron chi connectivity index (χ2n) is 7.25. The first-order valence-electron chi connectivity index (χ1n) is 8.35. The third kappa shape index (κ3) is 6.51. The summed E-state index contributed by atoms with van der Waals surface area (Å²) in [6, 6.07) is 5.44. The number of benzene rings is 1. The van der Waals surface area contributed by atoms with E-state index in [0.29, 0.717) is 24.5 Å². The lowest BCUT2D eigenvalue weighted by molar-refractivity contribution is -0.131. The molecule has 1 aromatic rings. The molecule has 1 fully saturated rings. The van der Waals surface area contributed by atoms with Crippen LogP contribution in [-0.2, 0) is 16.0 Å². The van der Waals surface area contributed by atoms with Crippen molar-refractivity contribution >= 4 is 39.5 Å². The molecule has 138 valence electrons. The summed E-state index contributed by atoms with van der Waals surface area (Å²) in [5, 5.41) is 3.45. The number of halogens is 2. The van der Waals surface area contributed by atoms with Crippen molar-refractivity contribution in [3.8, 4) is 0 Å². The smallest absolute Gasteiger partial charge is 0.407 e. The number of nitrogens with zero attached hydrogens (tertiary/aromatic N) is 1. The van der Waals surface area contributed by atoms with Gasteiger partial charge in [0.05, 0.1) is 11.4 Å². The Morgan fingerprint density at radius 3 is 2.76 bits per heavy atom. The van der Waals surface area contributed by atoms with Crippen LogP contribution in [0.5, 0.6) is 0 Å². The maximum Gasteiger partial charge on any atom is 0.407 e. The summed E-state index contributed by atoms with van der Waals surface area (Å²) < 4.78 is 6.09. The average molecular weight is 432 g/mol. The molecule has 2 amide bonds. The van der Waals surface area contributed by atoms with Gasteiger partial charge < -0.3 is 15.0 Å². The van der Waals surface area contributed by atoms with E-state index >= 15 is 0 Å². The topological polar surface area (TPSA) is 58.6 Å². The van der Waals surface area contributed by atoms with E-state index in [9.17, 15) is 9.59 Å². The van der Waals surface area contributed by atoms with Crippen LogP contribution in [0.3, 0.4) is 0 Å². The molecule has 0 radical (unpaired) electrons. The van der Waals surface area contributed by atoms with Crippen molar-refractivity contribution in [3.63, 3.8) is 0 Å². The minimum absolute atomic E-state index is 0.0362. The summed E-state index contributed by atoms with van der Waals surface area (Å²) >= 11 is 9.43. The van der Waals surface area contributed by atoms with Gasteiger partial charge in [0, 0.05) is 23.6 Å². The van der Waals surface area contributed by atoms with Gasteiger partial charge in [0.15, 0.2) is 0 Å². The molecule has 0 saturated carbocycles. The molecule has 0 aromatic heterocycles. The second-order valence-corrected chi connectivity index (χ2v) is 8.51. The van der Waals surface area contributed by atoms with Crippen molar-refractivity contribution in [1.82, 2.24) is 10.2 Å². The fraction of sp³-hybridized carbons (Fsp3) is 0.556. The molecule has 25 heavy (non-hydrogen) atoms. The van der Waals surface area contributed by atoms with E-state index in [2.05, 4.69) is 21.2 Å². The molecular weight excluding hydrogens is 408 g/mol. The van der Waals surface area contributed by atoms with E-state index < -0.39 is 11.7 Å². The molecule has 0 aliphatic carbocycles. The lowest BCUT2D eigenvalue weighted by atomic mass is 10.0. The number of amides is 2. The number of hydrogen-bond acceptors (Lipinski definition) is 3. The highest BCUT2D eigenvalue weighted by Gasteiger charge is 2.26. The molecule has 7 heteroatoms. The third-order valence-electron chi connectivity index (χ3n) is 3.83. The van der Waals surface area contributed by atoms with Crippen LogP contribution in [0.1, 0.15) is 39.2 Å². The van der Waals surface area contributed by atoms with Crippen LogP contribution in [0.15, 0.2) is 22.7 Å². The number of alkyl carbamates (subject to hydrolysis) is 1. The van der Waals surface area contributed by atoms with Gasteiger partial charge in [0.1, 0.15) is 5.60 Å². The van der Waals surface area contributed by atoms with Crippen LogP contribution in [0.4, 0.5) is 4.79 Å². The van der Waals surface area contributed by atoms with Gasteiger partial charge in [-0.1, -0.05) is 17.7 Å². The summed E-state index contributed by atoms with van der Waals surface area (Å²) in [6.45, 7) is 6.68. The SMILES string of the molecule is CC(C)(C)OC(=O)N[C@H]1CCCN(C(=O)Cc2ccc(Br)c(Cl)c2)C1. The fourth-order valence-corrected chi connectivity index (χ4v) is 3.18. The molecule has 1 heterocycles. The van der Waals surface area contributed by atoms with Crippen LogP contribution >= 0.6 is 27.5 Å². The Morgan fingerprint density at radius 2 is 2.12 bits per heavy atom. The molecule has 1 aliphatic heterocycles. The molecule has 0 bridgehead atoms. The number of carbonyl (C=O) groups is 2. The van der Waals surface area contributed by atoms with Gasteiger partial charge in [0.2, 0.25) is 5.91 Å². The Morgan fingerprint density at radius 1 is 1.40 bits per heavy atom. The first-order chi connectivity index (χ1) is 11.6. The quantitative estimate of drug-likeness (QED) is 0.782. The van der Waals surface area contributed by atoms with Gasteiger partial charge in [-0.05, 0) is 67.2 Å². The molecule has 1 atom stereocenters. The zero-order valence-corrected chi connectivity index (χ0v) is 17.1. The summed E-state index contributed by atoms with van der Waals surface area (Å²) in [5.41, 5.74) is 0.343. The van der Waals surface area contributed by atoms with E-state index in [1.54, 1.807) is 11.0 Å². The van der Waals surface area contributed by atoms with Gasteiger partial charge in [-0.25, -0.2) is 4.79 Å². The number of carbonyl (C=O) groups excluding carboxylic acids is 2. The lowest BCUT2D eigenvalue weighted by Crippen LogP contribution is -2.50. The summed E-state index contributed by atoms with van der Waals surface area (Å²) in [4.78, 5) is 26.3. The van der Waals surface area contributed by atoms with Gasteiger partial charge >= 0.3 is 6.09 Å². The van der Waals surface area contributed by atoms with Crippen LogP contribution < -0.4 is 5.32 Å². The molecule has 1 saturated heterocycles. The van der Waals surface area contributed by atoms with Crippen LogP contribution in [0, 0.1) is 0 Å². The summed E-state index contributed by atoms with van der Waals surface area (Å²) in [5.74, 6) is 0.0362. The highest BCUT2D eigenvalue weighted by molar-refractivity contribution is 9.10. The lowest BCUT2D eigenvalue weighted by Gasteiger charge is -2.33. The predicted molar refractivity (Wildman–Crippen MR) is 102 cm³/mol. The van der Waals surface area contributed by atoms with E-state index in [4.69, 9.17) is 16.3 Å². The third-order valence-corrected chi connectivity index (χ3v) is 5.07. The van der Waals surface area contributed by atoms with Crippen molar-refractivity contribution in [2.75, 3.05) is 13.1 Å². The zero-order valence-electron chi connectivity index (χ0n) is 14.8. The normalized spacial score (nSPS) is 18.0. The number of rotatable bonds is 3. The molecule has 5 nitrogen and oxygen atoms in total. The zero-order chi connectivity index (χ0) is 18.6. The highest BCUT2D eigenvalue weighted by Crippen LogP contribution is 2.24. The standard InChI is InChI=1S/C18H24BrClN2O3/c1-18(2,3)25-17(24)21-13-5-4-8-22(11-13)16(23)10-12-6-7-14(19)15(20)9-12/h6-7,9,13H,4-5,8,10-11H2,1-3H3,(H,21,24)/t13-/m0/s1. The maximum atomic E-state index is 12.6. The molecular formula is C18H24BrClN2O3. The first-order valence-corrected chi connectivity index (χ1v) is 9.52. The highest BCUT2D eigenvalue weighted by atomic mass is 79.9. The average Bonchev–Trinajstić information content (AvgIpc) is 2.49. The second kappa shape index (κ2) is 8.41. The molecule has 0 unspecified atom stereocenters. The van der Waals surface area contributed by atoms with Gasteiger partial charge in [0.25, 0.3) is 0 Å². The summed E-state index contributed by atoms with van der Waals surface area (Å²) in [6.07, 6.45) is 1.55. The van der Waals surface area contributed by atoms with E-state index in [1.165, 1.54) is 0 Å². The van der Waals surface area contributed by atoms with Gasteiger partial charge in [-0.15, -0.1) is 0 Å². The molecule has 0 spiro atoms.